The molecule has 8 nitrogen and oxygen atoms in total. The lowest BCUT2D eigenvalue weighted by molar-refractivity contribution is -0.150. The van der Waals surface area contributed by atoms with E-state index in [1.807, 2.05) is 36.4 Å². The number of rotatable bonds is 12. The number of nitrogens with two attached hydrogens (primary N) is 1. The number of fused-ring (bicyclic) bond motifs is 1. The highest BCUT2D eigenvalue weighted by Crippen LogP contribution is 2.27. The lowest BCUT2D eigenvalue weighted by atomic mass is 10.1. The third-order valence-corrected chi connectivity index (χ3v) is 7.38. The fraction of sp³-hybridized carbons (Fsp3) is 0.407. The molecule has 1 heterocycles. The van der Waals surface area contributed by atoms with Gasteiger partial charge in [0.25, 0.3) is 5.91 Å². The van der Waals surface area contributed by atoms with Crippen LogP contribution in [-0.2, 0) is 22.6 Å². The Balaban J connectivity index is 1.18. The standard InChI is InChI=1S/C27H33N3O5S/c28-23(27(32)35-21-6-1-2-7-21)9-4-12-34-22-8-3-5-18(13-22)16-29-17-19-10-11-20-15-25(26(31)30-33)36-24(20)14-19/h3,5,8,10-11,13-15,21,23,29,33H,1-2,4,6-7,9,12,16-17,28H2,(H,30,31)/t23-/m0/s1. The summed E-state index contributed by atoms with van der Waals surface area (Å²) in [6.07, 6.45) is 5.39. The first kappa shape index (κ1) is 26.1. The number of hydroxylamine groups is 1. The lowest BCUT2D eigenvalue weighted by Gasteiger charge is -2.16. The number of carbonyl (C=O) groups is 2. The van der Waals surface area contributed by atoms with Gasteiger partial charge in [-0.2, -0.15) is 0 Å². The van der Waals surface area contributed by atoms with Crippen LogP contribution in [-0.4, -0.2) is 35.8 Å². The molecule has 1 aliphatic carbocycles. The van der Waals surface area contributed by atoms with Crippen LogP contribution in [0.15, 0.2) is 48.5 Å². The first-order valence-corrected chi connectivity index (χ1v) is 13.2. The van der Waals surface area contributed by atoms with E-state index >= 15 is 0 Å². The summed E-state index contributed by atoms with van der Waals surface area (Å²) in [6.45, 7) is 1.84. The van der Waals surface area contributed by atoms with E-state index in [2.05, 4.69) is 11.4 Å². The minimum atomic E-state index is -0.600. The summed E-state index contributed by atoms with van der Waals surface area (Å²) >= 11 is 1.35. The summed E-state index contributed by atoms with van der Waals surface area (Å²) in [5.41, 5.74) is 9.87. The summed E-state index contributed by atoms with van der Waals surface area (Å²) in [7, 11) is 0. The number of amides is 1. The first-order chi connectivity index (χ1) is 17.5. The van der Waals surface area contributed by atoms with Gasteiger partial charge in [-0.05, 0) is 79.3 Å². The SMILES string of the molecule is N[C@@H](CCCOc1cccc(CNCc2ccc3cc(C(=O)NO)sc3c2)c1)C(=O)OC1CCCC1. The van der Waals surface area contributed by atoms with Crippen molar-refractivity contribution in [3.8, 4) is 5.75 Å². The summed E-state index contributed by atoms with van der Waals surface area (Å²) in [5.74, 6) is -0.0157. The number of thiophene rings is 1. The van der Waals surface area contributed by atoms with Gasteiger partial charge in [-0.3, -0.25) is 14.8 Å². The van der Waals surface area contributed by atoms with E-state index in [1.54, 1.807) is 11.5 Å². The van der Waals surface area contributed by atoms with E-state index in [0.717, 1.165) is 52.6 Å². The Morgan fingerprint density at radius 3 is 2.64 bits per heavy atom. The number of hydrogen-bond acceptors (Lipinski definition) is 8. The summed E-state index contributed by atoms with van der Waals surface area (Å²) in [6, 6.07) is 15.1. The van der Waals surface area contributed by atoms with Crippen molar-refractivity contribution in [2.45, 2.75) is 63.8 Å². The topological polar surface area (TPSA) is 123 Å². The van der Waals surface area contributed by atoms with Crippen LogP contribution < -0.4 is 21.3 Å². The Hall–Kier alpha value is -2.98. The van der Waals surface area contributed by atoms with Gasteiger partial charge in [0.2, 0.25) is 0 Å². The quantitative estimate of drug-likeness (QED) is 0.124. The molecule has 5 N–H and O–H groups in total. The van der Waals surface area contributed by atoms with E-state index in [-0.39, 0.29) is 12.1 Å². The van der Waals surface area contributed by atoms with Crippen molar-refractivity contribution in [2.24, 2.45) is 5.73 Å². The zero-order valence-electron chi connectivity index (χ0n) is 20.2. The molecule has 2 aromatic carbocycles. The predicted octanol–water partition coefficient (Wildman–Crippen LogP) is 4.28. The molecule has 1 atom stereocenters. The highest BCUT2D eigenvalue weighted by atomic mass is 32.1. The minimum absolute atomic E-state index is 0.0442. The number of nitrogens with one attached hydrogen (secondary N) is 2. The number of hydrogen-bond donors (Lipinski definition) is 4. The van der Waals surface area contributed by atoms with Gasteiger partial charge < -0.3 is 20.5 Å². The van der Waals surface area contributed by atoms with E-state index in [9.17, 15) is 9.59 Å². The Labute approximate surface area is 214 Å². The summed E-state index contributed by atoms with van der Waals surface area (Å²) < 4.78 is 12.3. The van der Waals surface area contributed by atoms with Gasteiger partial charge in [-0.15, -0.1) is 11.3 Å². The number of esters is 1. The van der Waals surface area contributed by atoms with Gasteiger partial charge in [-0.25, -0.2) is 5.48 Å². The summed E-state index contributed by atoms with van der Waals surface area (Å²) in [5, 5.41) is 13.2. The van der Waals surface area contributed by atoms with E-state index in [4.69, 9.17) is 20.4 Å². The normalized spacial score (nSPS) is 14.6. The Bertz CT molecular complexity index is 1180. The van der Waals surface area contributed by atoms with Crippen LogP contribution in [0.25, 0.3) is 10.1 Å². The molecule has 1 saturated carbocycles. The van der Waals surface area contributed by atoms with Gasteiger partial charge >= 0.3 is 5.97 Å². The largest absolute Gasteiger partial charge is 0.494 e. The van der Waals surface area contributed by atoms with Crippen LogP contribution in [0, 0.1) is 0 Å². The minimum Gasteiger partial charge on any atom is -0.494 e. The molecule has 0 aliphatic heterocycles. The average molecular weight is 512 g/mol. The zero-order valence-corrected chi connectivity index (χ0v) is 21.0. The smallest absolute Gasteiger partial charge is 0.323 e. The summed E-state index contributed by atoms with van der Waals surface area (Å²) in [4.78, 5) is 24.2. The Kier molecular flexibility index (Phi) is 9.29. The van der Waals surface area contributed by atoms with Crippen LogP contribution in [0.1, 0.15) is 59.3 Å². The Morgan fingerprint density at radius 1 is 1.08 bits per heavy atom. The second-order valence-corrected chi connectivity index (χ2v) is 10.2. The molecule has 3 aromatic rings. The van der Waals surface area contributed by atoms with Gasteiger partial charge in [-0.1, -0.05) is 24.3 Å². The van der Waals surface area contributed by atoms with Crippen molar-refractivity contribution in [1.29, 1.82) is 0 Å². The maximum absolute atomic E-state index is 12.1. The number of benzene rings is 2. The third-order valence-electron chi connectivity index (χ3n) is 6.28. The average Bonchev–Trinajstić information content (AvgIpc) is 3.56. The zero-order chi connectivity index (χ0) is 25.3. The van der Waals surface area contributed by atoms with Crippen LogP contribution >= 0.6 is 11.3 Å². The molecule has 0 spiro atoms. The molecule has 9 heteroatoms. The molecule has 1 aromatic heterocycles. The van der Waals surface area contributed by atoms with Gasteiger partial charge in [0, 0.05) is 17.8 Å². The van der Waals surface area contributed by atoms with E-state index < -0.39 is 11.9 Å². The second kappa shape index (κ2) is 12.8. The molecule has 36 heavy (non-hydrogen) atoms. The molecule has 0 bridgehead atoms. The molecule has 0 saturated heterocycles. The maximum atomic E-state index is 12.1. The van der Waals surface area contributed by atoms with Crippen molar-refractivity contribution in [1.82, 2.24) is 10.8 Å². The van der Waals surface area contributed by atoms with Gasteiger partial charge in [0.05, 0.1) is 11.5 Å². The molecule has 1 fully saturated rings. The fourth-order valence-electron chi connectivity index (χ4n) is 4.32. The van der Waals surface area contributed by atoms with E-state index in [1.165, 1.54) is 11.3 Å². The van der Waals surface area contributed by atoms with Crippen LogP contribution in [0.3, 0.4) is 0 Å². The molecule has 192 valence electrons. The van der Waals surface area contributed by atoms with E-state index in [0.29, 0.717) is 37.4 Å². The van der Waals surface area contributed by atoms with Crippen LogP contribution in [0.5, 0.6) is 5.75 Å². The highest BCUT2D eigenvalue weighted by molar-refractivity contribution is 7.20. The van der Waals surface area contributed by atoms with Crippen molar-refractivity contribution in [2.75, 3.05) is 6.61 Å². The predicted molar refractivity (Wildman–Crippen MR) is 139 cm³/mol. The van der Waals surface area contributed by atoms with Crippen LogP contribution in [0.2, 0.25) is 0 Å². The van der Waals surface area contributed by atoms with Crippen molar-refractivity contribution < 1.29 is 24.3 Å². The third kappa shape index (κ3) is 7.27. The number of ether oxygens (including phenoxy) is 2. The molecular formula is C27H33N3O5S. The fourth-order valence-corrected chi connectivity index (χ4v) is 5.33. The highest BCUT2D eigenvalue weighted by Gasteiger charge is 2.22. The van der Waals surface area contributed by atoms with Crippen molar-refractivity contribution >= 4 is 33.3 Å². The Morgan fingerprint density at radius 2 is 1.86 bits per heavy atom. The van der Waals surface area contributed by atoms with Gasteiger partial charge in [0.1, 0.15) is 17.9 Å². The molecule has 4 rings (SSSR count). The molecular weight excluding hydrogens is 478 g/mol. The van der Waals surface area contributed by atoms with Gasteiger partial charge in [0.15, 0.2) is 0 Å². The van der Waals surface area contributed by atoms with Crippen molar-refractivity contribution in [3.63, 3.8) is 0 Å². The molecule has 0 unspecified atom stereocenters. The lowest BCUT2D eigenvalue weighted by Crippen LogP contribution is -2.34. The van der Waals surface area contributed by atoms with Crippen molar-refractivity contribution in [3.05, 3.63) is 64.5 Å². The maximum Gasteiger partial charge on any atom is 0.323 e. The van der Waals surface area contributed by atoms with Crippen LogP contribution in [0.4, 0.5) is 0 Å². The second-order valence-electron chi connectivity index (χ2n) is 9.12. The molecule has 0 radical (unpaired) electrons. The monoisotopic (exact) mass is 511 g/mol. The molecule has 1 amide bonds. The number of carbonyl (C=O) groups excluding carboxylic acids is 2. The molecule has 1 aliphatic rings. The first-order valence-electron chi connectivity index (χ1n) is 12.4.